The minimum Gasteiger partial charge on any atom is -0.497 e. The van der Waals surface area contributed by atoms with Crippen molar-refractivity contribution in [3.05, 3.63) is 29.1 Å². The molecule has 0 radical (unpaired) electrons. The minimum atomic E-state index is -4.56. The molecule has 5 heteroatoms. The standard InChI is InChI=1S/C9H8F4O/c1-5-7(9(11,12)13)3-6(14-2)4-8(5)10/h3-4H,1-2H3. The molecule has 1 aromatic rings. The molecular weight excluding hydrogens is 200 g/mol. The van der Waals surface area contributed by atoms with E-state index in [4.69, 9.17) is 0 Å². The highest BCUT2D eigenvalue weighted by Gasteiger charge is 2.34. The van der Waals surface area contributed by atoms with Gasteiger partial charge in [0.15, 0.2) is 0 Å². The van der Waals surface area contributed by atoms with Crippen molar-refractivity contribution >= 4 is 0 Å². The van der Waals surface area contributed by atoms with Gasteiger partial charge in [-0.25, -0.2) is 4.39 Å². The Morgan fingerprint density at radius 1 is 1.21 bits per heavy atom. The van der Waals surface area contributed by atoms with Crippen LogP contribution in [0.25, 0.3) is 0 Å². The van der Waals surface area contributed by atoms with Gasteiger partial charge in [-0.15, -0.1) is 0 Å². The first-order valence-corrected chi connectivity index (χ1v) is 3.77. The Morgan fingerprint density at radius 3 is 2.21 bits per heavy atom. The molecule has 0 N–H and O–H groups in total. The predicted octanol–water partition coefficient (Wildman–Crippen LogP) is 3.16. The second-order valence-corrected chi connectivity index (χ2v) is 2.78. The predicted molar refractivity (Wildman–Crippen MR) is 42.7 cm³/mol. The molecule has 0 atom stereocenters. The Labute approximate surface area is 78.3 Å². The van der Waals surface area contributed by atoms with Gasteiger partial charge in [0.1, 0.15) is 11.6 Å². The van der Waals surface area contributed by atoms with Crippen molar-refractivity contribution < 1.29 is 22.3 Å². The number of benzene rings is 1. The number of rotatable bonds is 1. The number of alkyl halides is 3. The molecule has 0 bridgehead atoms. The second-order valence-electron chi connectivity index (χ2n) is 2.78. The van der Waals surface area contributed by atoms with E-state index in [0.29, 0.717) is 0 Å². The van der Waals surface area contributed by atoms with Crippen LogP contribution in [0.1, 0.15) is 11.1 Å². The van der Waals surface area contributed by atoms with Gasteiger partial charge in [0.05, 0.1) is 12.7 Å². The average Bonchev–Trinajstić information content (AvgIpc) is 2.07. The van der Waals surface area contributed by atoms with Crippen LogP contribution < -0.4 is 4.74 Å². The fourth-order valence-electron chi connectivity index (χ4n) is 1.07. The summed E-state index contributed by atoms with van der Waals surface area (Å²) in [4.78, 5) is 0. The Kier molecular flexibility index (Phi) is 2.69. The molecule has 0 aliphatic rings. The van der Waals surface area contributed by atoms with Gasteiger partial charge in [0.25, 0.3) is 0 Å². The van der Waals surface area contributed by atoms with E-state index in [1.807, 2.05) is 0 Å². The van der Waals surface area contributed by atoms with Crippen molar-refractivity contribution in [3.63, 3.8) is 0 Å². The summed E-state index contributed by atoms with van der Waals surface area (Å²) in [5, 5.41) is 0. The zero-order chi connectivity index (χ0) is 10.9. The van der Waals surface area contributed by atoms with Crippen molar-refractivity contribution in [2.45, 2.75) is 13.1 Å². The summed E-state index contributed by atoms with van der Waals surface area (Å²) >= 11 is 0. The molecule has 14 heavy (non-hydrogen) atoms. The molecule has 0 saturated carbocycles. The largest absolute Gasteiger partial charge is 0.497 e. The van der Waals surface area contributed by atoms with Crippen LogP contribution in [0.2, 0.25) is 0 Å². The first-order valence-electron chi connectivity index (χ1n) is 3.77. The molecular formula is C9H8F4O. The van der Waals surface area contributed by atoms with Crippen LogP contribution in [-0.2, 0) is 6.18 Å². The van der Waals surface area contributed by atoms with Crippen LogP contribution in [0, 0.1) is 12.7 Å². The van der Waals surface area contributed by atoms with Gasteiger partial charge in [-0.3, -0.25) is 0 Å². The lowest BCUT2D eigenvalue weighted by atomic mass is 10.1. The Bertz CT molecular complexity index is 343. The lowest BCUT2D eigenvalue weighted by Crippen LogP contribution is -2.09. The lowest BCUT2D eigenvalue weighted by molar-refractivity contribution is -0.138. The average molecular weight is 208 g/mol. The molecule has 1 nitrogen and oxygen atoms in total. The summed E-state index contributed by atoms with van der Waals surface area (Å²) in [7, 11) is 1.18. The number of hydrogen-bond donors (Lipinski definition) is 0. The van der Waals surface area contributed by atoms with E-state index in [-0.39, 0.29) is 5.75 Å². The van der Waals surface area contributed by atoms with Gasteiger partial charge < -0.3 is 4.74 Å². The molecule has 0 aliphatic carbocycles. The molecule has 0 saturated heterocycles. The molecule has 0 heterocycles. The van der Waals surface area contributed by atoms with Crippen molar-refractivity contribution in [2.75, 3.05) is 7.11 Å². The zero-order valence-corrected chi connectivity index (χ0v) is 7.57. The number of halogens is 4. The smallest absolute Gasteiger partial charge is 0.416 e. The zero-order valence-electron chi connectivity index (χ0n) is 7.57. The summed E-state index contributed by atoms with van der Waals surface area (Å²) in [5.41, 5.74) is -1.42. The normalized spacial score (nSPS) is 11.6. The van der Waals surface area contributed by atoms with E-state index in [0.717, 1.165) is 19.1 Å². The maximum absolute atomic E-state index is 13.0. The van der Waals surface area contributed by atoms with E-state index in [9.17, 15) is 17.6 Å². The summed E-state index contributed by atoms with van der Waals surface area (Å²) in [6.45, 7) is 1.08. The van der Waals surface area contributed by atoms with E-state index < -0.39 is 23.1 Å². The highest BCUT2D eigenvalue weighted by Crippen LogP contribution is 2.35. The van der Waals surface area contributed by atoms with Gasteiger partial charge in [-0.05, 0) is 18.6 Å². The third-order valence-electron chi connectivity index (χ3n) is 1.86. The molecule has 78 valence electrons. The van der Waals surface area contributed by atoms with Crippen molar-refractivity contribution in [1.82, 2.24) is 0 Å². The molecule has 1 rings (SSSR count). The molecule has 1 aromatic carbocycles. The molecule has 0 aromatic heterocycles. The summed E-state index contributed by atoms with van der Waals surface area (Å²) < 4.78 is 54.5. The molecule has 0 unspecified atom stereocenters. The number of ether oxygens (including phenoxy) is 1. The topological polar surface area (TPSA) is 9.23 Å². The van der Waals surface area contributed by atoms with E-state index in [1.54, 1.807) is 0 Å². The highest BCUT2D eigenvalue weighted by atomic mass is 19.4. The quantitative estimate of drug-likeness (QED) is 0.644. The van der Waals surface area contributed by atoms with Crippen molar-refractivity contribution in [2.24, 2.45) is 0 Å². The molecule has 0 spiro atoms. The monoisotopic (exact) mass is 208 g/mol. The highest BCUT2D eigenvalue weighted by molar-refractivity contribution is 5.37. The van der Waals surface area contributed by atoms with Crippen molar-refractivity contribution in [1.29, 1.82) is 0 Å². The van der Waals surface area contributed by atoms with Gasteiger partial charge in [-0.1, -0.05) is 0 Å². The van der Waals surface area contributed by atoms with Crippen LogP contribution in [0.4, 0.5) is 17.6 Å². The minimum absolute atomic E-state index is 0.138. The van der Waals surface area contributed by atoms with Gasteiger partial charge in [0, 0.05) is 6.07 Å². The van der Waals surface area contributed by atoms with Crippen LogP contribution in [0.3, 0.4) is 0 Å². The van der Waals surface area contributed by atoms with Gasteiger partial charge in [0.2, 0.25) is 0 Å². The SMILES string of the molecule is COc1cc(F)c(C)c(C(F)(F)F)c1. The first kappa shape index (κ1) is 10.8. The Hall–Kier alpha value is -1.26. The Balaban J connectivity index is 3.35. The summed E-state index contributed by atoms with van der Waals surface area (Å²) in [5.74, 6) is -1.06. The van der Waals surface area contributed by atoms with E-state index >= 15 is 0 Å². The lowest BCUT2D eigenvalue weighted by Gasteiger charge is -2.12. The maximum atomic E-state index is 13.0. The molecule has 0 amide bonds. The van der Waals surface area contributed by atoms with Crippen LogP contribution in [0.5, 0.6) is 5.75 Å². The maximum Gasteiger partial charge on any atom is 0.416 e. The first-order chi connectivity index (χ1) is 6.36. The van der Waals surface area contributed by atoms with Crippen LogP contribution in [0.15, 0.2) is 12.1 Å². The third-order valence-corrected chi connectivity index (χ3v) is 1.86. The molecule has 0 fully saturated rings. The second kappa shape index (κ2) is 3.48. The summed E-state index contributed by atoms with van der Waals surface area (Å²) in [6.07, 6.45) is -4.56. The van der Waals surface area contributed by atoms with Gasteiger partial charge >= 0.3 is 6.18 Å². The van der Waals surface area contributed by atoms with Crippen LogP contribution in [-0.4, -0.2) is 7.11 Å². The number of hydrogen-bond acceptors (Lipinski definition) is 1. The van der Waals surface area contributed by atoms with E-state index in [1.165, 1.54) is 7.11 Å². The Morgan fingerprint density at radius 2 is 1.79 bits per heavy atom. The molecule has 0 aliphatic heterocycles. The fourth-order valence-corrected chi connectivity index (χ4v) is 1.07. The van der Waals surface area contributed by atoms with Crippen LogP contribution >= 0.6 is 0 Å². The van der Waals surface area contributed by atoms with E-state index in [2.05, 4.69) is 4.74 Å². The fraction of sp³-hybridized carbons (Fsp3) is 0.333. The van der Waals surface area contributed by atoms with Gasteiger partial charge in [-0.2, -0.15) is 13.2 Å². The number of methoxy groups -OCH3 is 1. The summed E-state index contributed by atoms with van der Waals surface area (Å²) in [6, 6.07) is 1.70. The third kappa shape index (κ3) is 1.97. The van der Waals surface area contributed by atoms with Crippen molar-refractivity contribution in [3.8, 4) is 5.75 Å².